The molecule has 26 heavy (non-hydrogen) atoms. The summed E-state index contributed by atoms with van der Waals surface area (Å²) in [5, 5.41) is 6.20. The maximum Gasteiger partial charge on any atom is 0.253 e. The zero-order valence-electron chi connectivity index (χ0n) is 15.0. The number of nitrogens with one attached hydrogen (secondary N) is 1. The van der Waals surface area contributed by atoms with Crippen LogP contribution >= 0.6 is 0 Å². The van der Waals surface area contributed by atoms with Gasteiger partial charge in [0, 0.05) is 17.1 Å². The van der Waals surface area contributed by atoms with Crippen molar-refractivity contribution in [3.8, 4) is 0 Å². The molecule has 130 valence electrons. The highest BCUT2D eigenvalue weighted by Gasteiger charge is 2.19. The van der Waals surface area contributed by atoms with E-state index in [4.69, 9.17) is 4.42 Å². The van der Waals surface area contributed by atoms with E-state index in [2.05, 4.69) is 16.4 Å². The summed E-state index contributed by atoms with van der Waals surface area (Å²) in [7, 11) is 0. The van der Waals surface area contributed by atoms with Crippen molar-refractivity contribution in [2.75, 3.05) is 0 Å². The Hall–Kier alpha value is -3.14. The summed E-state index contributed by atoms with van der Waals surface area (Å²) in [5.41, 5.74) is 2.30. The van der Waals surface area contributed by atoms with Gasteiger partial charge in [-0.05, 0) is 49.7 Å². The van der Waals surface area contributed by atoms with Gasteiger partial charge in [-0.3, -0.25) is 9.78 Å². The Morgan fingerprint density at radius 3 is 2.62 bits per heavy atom. The van der Waals surface area contributed by atoms with E-state index in [1.54, 1.807) is 6.20 Å². The van der Waals surface area contributed by atoms with Crippen molar-refractivity contribution < 1.29 is 9.21 Å². The molecule has 1 N–H and O–H groups in total. The SMILES string of the molecule is Cc1cc(C(C)NC(=O)c2cc3ccccc3c3cccnc23)c(C)o1. The van der Waals surface area contributed by atoms with Crippen LogP contribution in [0, 0.1) is 13.8 Å². The second kappa shape index (κ2) is 6.30. The second-order valence-electron chi connectivity index (χ2n) is 6.61. The fraction of sp³-hybridized carbons (Fsp3) is 0.182. The van der Waals surface area contributed by atoms with Crippen LogP contribution in [-0.2, 0) is 0 Å². The molecule has 0 radical (unpaired) electrons. The third-order valence-electron chi connectivity index (χ3n) is 4.75. The van der Waals surface area contributed by atoms with Gasteiger partial charge in [0.1, 0.15) is 11.5 Å². The lowest BCUT2D eigenvalue weighted by Gasteiger charge is -2.15. The highest BCUT2D eigenvalue weighted by molar-refractivity contribution is 6.15. The van der Waals surface area contributed by atoms with Gasteiger partial charge in [0.25, 0.3) is 5.91 Å². The molecule has 4 nitrogen and oxygen atoms in total. The van der Waals surface area contributed by atoms with Crippen molar-refractivity contribution in [2.24, 2.45) is 0 Å². The molecule has 1 amide bonds. The van der Waals surface area contributed by atoms with Crippen LogP contribution in [0.5, 0.6) is 0 Å². The van der Waals surface area contributed by atoms with E-state index in [9.17, 15) is 4.79 Å². The average molecular weight is 344 g/mol. The lowest BCUT2D eigenvalue weighted by molar-refractivity contribution is 0.0941. The van der Waals surface area contributed by atoms with Crippen LogP contribution in [0.4, 0.5) is 0 Å². The van der Waals surface area contributed by atoms with Crippen LogP contribution in [0.3, 0.4) is 0 Å². The Labute approximate surface area is 151 Å². The molecule has 2 aromatic carbocycles. The van der Waals surface area contributed by atoms with Gasteiger partial charge < -0.3 is 9.73 Å². The Kier molecular flexibility index (Phi) is 3.96. The van der Waals surface area contributed by atoms with E-state index in [0.717, 1.165) is 38.8 Å². The highest BCUT2D eigenvalue weighted by Crippen LogP contribution is 2.28. The molecule has 1 atom stereocenters. The van der Waals surface area contributed by atoms with E-state index < -0.39 is 0 Å². The van der Waals surface area contributed by atoms with Gasteiger partial charge in [-0.2, -0.15) is 0 Å². The van der Waals surface area contributed by atoms with Crippen LogP contribution in [0.2, 0.25) is 0 Å². The summed E-state index contributed by atoms with van der Waals surface area (Å²) in [6.45, 7) is 5.79. The van der Waals surface area contributed by atoms with Gasteiger partial charge in [-0.15, -0.1) is 0 Å². The number of carbonyl (C=O) groups is 1. The Morgan fingerprint density at radius 2 is 1.85 bits per heavy atom. The minimum atomic E-state index is -0.148. The lowest BCUT2D eigenvalue weighted by atomic mass is 10.00. The molecule has 1 unspecified atom stereocenters. The number of rotatable bonds is 3. The van der Waals surface area contributed by atoms with Crippen LogP contribution in [-0.4, -0.2) is 10.9 Å². The average Bonchev–Trinajstić information content (AvgIpc) is 2.99. The summed E-state index contributed by atoms with van der Waals surface area (Å²) >= 11 is 0. The number of carbonyl (C=O) groups excluding carboxylic acids is 1. The third kappa shape index (κ3) is 2.73. The molecule has 4 aromatic rings. The Balaban J connectivity index is 1.77. The molecule has 0 fully saturated rings. The van der Waals surface area contributed by atoms with E-state index in [-0.39, 0.29) is 11.9 Å². The Morgan fingerprint density at radius 1 is 1.08 bits per heavy atom. The van der Waals surface area contributed by atoms with Gasteiger partial charge in [-0.25, -0.2) is 0 Å². The van der Waals surface area contributed by atoms with E-state index in [1.165, 1.54) is 0 Å². The molecule has 0 bridgehead atoms. The molecular weight excluding hydrogens is 324 g/mol. The van der Waals surface area contributed by atoms with Gasteiger partial charge in [-0.1, -0.05) is 30.3 Å². The van der Waals surface area contributed by atoms with Crippen molar-refractivity contribution in [1.29, 1.82) is 0 Å². The van der Waals surface area contributed by atoms with Crippen molar-refractivity contribution in [3.63, 3.8) is 0 Å². The molecule has 0 saturated carbocycles. The fourth-order valence-electron chi connectivity index (χ4n) is 3.53. The number of hydrogen-bond acceptors (Lipinski definition) is 3. The largest absolute Gasteiger partial charge is 0.466 e. The first kappa shape index (κ1) is 16.3. The number of nitrogens with zero attached hydrogens (tertiary/aromatic N) is 1. The van der Waals surface area contributed by atoms with Crippen molar-refractivity contribution in [2.45, 2.75) is 26.8 Å². The minimum absolute atomic E-state index is 0.134. The summed E-state index contributed by atoms with van der Waals surface area (Å²) in [4.78, 5) is 17.5. The summed E-state index contributed by atoms with van der Waals surface area (Å²) in [6, 6.07) is 15.7. The standard InChI is InChI=1S/C22H20N2O2/c1-13-11-19(15(3)26-13)14(2)24-22(25)20-12-16-7-4-5-8-17(16)18-9-6-10-23-21(18)20/h4-12,14H,1-3H3,(H,24,25). The first-order chi connectivity index (χ1) is 12.5. The molecule has 2 aromatic heterocycles. The Bertz CT molecular complexity index is 1130. The first-order valence-electron chi connectivity index (χ1n) is 8.69. The minimum Gasteiger partial charge on any atom is -0.466 e. The molecular formula is C22H20N2O2. The van der Waals surface area contributed by atoms with Crippen molar-refractivity contribution >= 4 is 27.6 Å². The molecule has 0 aliphatic rings. The molecule has 0 spiro atoms. The van der Waals surface area contributed by atoms with Crippen LogP contribution < -0.4 is 5.32 Å². The zero-order valence-corrected chi connectivity index (χ0v) is 15.0. The number of pyridine rings is 1. The maximum absolute atomic E-state index is 13.0. The van der Waals surface area contributed by atoms with E-state index >= 15 is 0 Å². The van der Waals surface area contributed by atoms with Gasteiger partial charge in [0.15, 0.2) is 0 Å². The van der Waals surface area contributed by atoms with Crippen LogP contribution in [0.25, 0.3) is 21.7 Å². The number of fused-ring (bicyclic) bond motifs is 3. The molecule has 0 aliphatic carbocycles. The highest BCUT2D eigenvalue weighted by atomic mass is 16.3. The van der Waals surface area contributed by atoms with Gasteiger partial charge in [0.2, 0.25) is 0 Å². The topological polar surface area (TPSA) is 55.1 Å². The molecule has 2 heterocycles. The number of aryl methyl sites for hydroxylation is 2. The lowest BCUT2D eigenvalue weighted by Crippen LogP contribution is -2.27. The number of aromatic nitrogens is 1. The predicted octanol–water partition coefficient (Wildman–Crippen LogP) is 5.09. The normalized spacial score (nSPS) is 12.4. The molecule has 0 saturated heterocycles. The zero-order chi connectivity index (χ0) is 18.3. The quantitative estimate of drug-likeness (QED) is 0.527. The van der Waals surface area contributed by atoms with Crippen molar-refractivity contribution in [1.82, 2.24) is 10.3 Å². The number of amides is 1. The van der Waals surface area contributed by atoms with Gasteiger partial charge in [0.05, 0.1) is 17.1 Å². The molecule has 4 heteroatoms. The monoisotopic (exact) mass is 344 g/mol. The number of furan rings is 1. The second-order valence-corrected chi connectivity index (χ2v) is 6.61. The molecule has 4 rings (SSSR count). The smallest absolute Gasteiger partial charge is 0.253 e. The third-order valence-corrected chi connectivity index (χ3v) is 4.75. The van der Waals surface area contributed by atoms with E-state index in [1.807, 2.05) is 63.2 Å². The number of hydrogen-bond donors (Lipinski definition) is 1. The van der Waals surface area contributed by atoms with Crippen LogP contribution in [0.1, 0.15) is 40.4 Å². The number of benzene rings is 2. The van der Waals surface area contributed by atoms with Crippen LogP contribution in [0.15, 0.2) is 59.1 Å². The summed E-state index contributed by atoms with van der Waals surface area (Å²) in [6.07, 6.45) is 1.72. The predicted molar refractivity (Wildman–Crippen MR) is 103 cm³/mol. The van der Waals surface area contributed by atoms with E-state index in [0.29, 0.717) is 5.56 Å². The van der Waals surface area contributed by atoms with Crippen molar-refractivity contribution in [3.05, 3.63) is 77.4 Å². The fourth-order valence-corrected chi connectivity index (χ4v) is 3.53. The maximum atomic E-state index is 13.0. The molecule has 0 aliphatic heterocycles. The first-order valence-corrected chi connectivity index (χ1v) is 8.69. The summed E-state index contributed by atoms with van der Waals surface area (Å²) < 4.78 is 5.59. The van der Waals surface area contributed by atoms with Gasteiger partial charge >= 0.3 is 0 Å². The summed E-state index contributed by atoms with van der Waals surface area (Å²) in [5.74, 6) is 1.54.